The van der Waals surface area contributed by atoms with Crippen LogP contribution in [0.4, 0.5) is 28.8 Å². The van der Waals surface area contributed by atoms with Gasteiger partial charge >= 0.3 is 0 Å². The number of carbonyl (C=O) groups is 1. The smallest absolute Gasteiger partial charge is 0.277 e. The van der Waals surface area contributed by atoms with Crippen molar-refractivity contribution in [1.82, 2.24) is 25.1 Å². The van der Waals surface area contributed by atoms with Gasteiger partial charge in [-0.2, -0.15) is 0 Å². The highest BCUT2D eigenvalue weighted by Gasteiger charge is 2.14. The fourth-order valence-electron chi connectivity index (χ4n) is 3.27. The minimum absolute atomic E-state index is 0.176. The minimum Gasteiger partial charge on any atom is -0.355 e. The van der Waals surface area contributed by atoms with Gasteiger partial charge in [0.15, 0.2) is 11.5 Å². The number of anilines is 5. The van der Waals surface area contributed by atoms with Crippen LogP contribution in [0, 0.1) is 6.92 Å². The van der Waals surface area contributed by atoms with Crippen LogP contribution in [0.25, 0.3) is 11.3 Å². The molecule has 10 nitrogen and oxygen atoms in total. The number of carbonyl (C=O) groups excluding carboxylic acids is 1. The third-order valence-electron chi connectivity index (χ3n) is 4.86. The van der Waals surface area contributed by atoms with Crippen LogP contribution >= 0.6 is 0 Å². The number of benzene rings is 1. The van der Waals surface area contributed by atoms with E-state index in [0.29, 0.717) is 34.7 Å². The number of rotatable bonds is 7. The Hall–Kier alpha value is -5.12. The number of nitrogens with one attached hydrogen (secondary N) is 3. The van der Waals surface area contributed by atoms with Gasteiger partial charge in [-0.25, -0.2) is 15.0 Å². The van der Waals surface area contributed by atoms with E-state index < -0.39 is 0 Å². The van der Waals surface area contributed by atoms with Crippen LogP contribution in [0.15, 0.2) is 89.8 Å². The van der Waals surface area contributed by atoms with Crippen molar-refractivity contribution in [3.05, 3.63) is 96.8 Å². The number of pyridine rings is 2. The molecule has 0 saturated carbocycles. The third kappa shape index (κ3) is 5.45. The summed E-state index contributed by atoms with van der Waals surface area (Å²) in [6, 6.07) is 19.8. The summed E-state index contributed by atoms with van der Waals surface area (Å²) in [5, 5.41) is 13.1. The summed E-state index contributed by atoms with van der Waals surface area (Å²) in [7, 11) is 0. The standard InChI is InChI=1S/C25H20N8O2/c1-16-28-23(14-24(29-16)32-22-6-2-3-12-27-22)30-18-7-9-19(10-8-18)31-25(34)20-13-21(35-33-20)17-5-4-11-26-15-17/h2-15H,1H3,(H,31,34)(H2,27,28,29,30,32). The second-order valence-electron chi connectivity index (χ2n) is 7.50. The molecule has 0 atom stereocenters. The van der Waals surface area contributed by atoms with Crippen molar-refractivity contribution in [2.45, 2.75) is 6.92 Å². The molecule has 1 amide bonds. The molecule has 0 saturated heterocycles. The van der Waals surface area contributed by atoms with E-state index in [4.69, 9.17) is 4.52 Å². The average molecular weight is 464 g/mol. The van der Waals surface area contributed by atoms with Crippen molar-refractivity contribution < 1.29 is 9.32 Å². The molecule has 0 unspecified atom stereocenters. The first-order valence-electron chi connectivity index (χ1n) is 10.7. The molecule has 4 aromatic heterocycles. The first-order chi connectivity index (χ1) is 17.1. The first kappa shape index (κ1) is 21.7. The summed E-state index contributed by atoms with van der Waals surface area (Å²) in [6.07, 6.45) is 5.01. The van der Waals surface area contributed by atoms with Gasteiger partial charge in [-0.3, -0.25) is 9.78 Å². The van der Waals surface area contributed by atoms with Gasteiger partial charge in [-0.05, 0) is 55.5 Å². The molecule has 0 spiro atoms. The van der Waals surface area contributed by atoms with Crippen molar-refractivity contribution >= 4 is 34.7 Å². The lowest BCUT2D eigenvalue weighted by molar-refractivity contribution is 0.101. The molecule has 0 bridgehead atoms. The Bertz CT molecular complexity index is 1440. The molecular formula is C25H20N8O2. The summed E-state index contributed by atoms with van der Waals surface area (Å²) >= 11 is 0. The van der Waals surface area contributed by atoms with Gasteiger partial charge in [0.2, 0.25) is 0 Å². The fraction of sp³-hybridized carbons (Fsp3) is 0.0400. The average Bonchev–Trinajstić information content (AvgIpc) is 3.37. The molecule has 4 heterocycles. The second kappa shape index (κ2) is 9.79. The zero-order chi connectivity index (χ0) is 24.0. The molecule has 5 aromatic rings. The lowest BCUT2D eigenvalue weighted by Crippen LogP contribution is -2.12. The van der Waals surface area contributed by atoms with Crippen LogP contribution in [-0.2, 0) is 0 Å². The summed E-state index contributed by atoms with van der Waals surface area (Å²) in [6.45, 7) is 1.82. The molecule has 35 heavy (non-hydrogen) atoms. The van der Waals surface area contributed by atoms with E-state index in [-0.39, 0.29) is 11.6 Å². The number of amides is 1. The highest BCUT2D eigenvalue weighted by atomic mass is 16.5. The Kier molecular flexibility index (Phi) is 6.07. The molecule has 1 aromatic carbocycles. The van der Waals surface area contributed by atoms with Crippen LogP contribution in [-0.4, -0.2) is 31.0 Å². The van der Waals surface area contributed by atoms with Gasteiger partial charge in [-0.15, -0.1) is 0 Å². The largest absolute Gasteiger partial charge is 0.355 e. The number of nitrogens with zero attached hydrogens (tertiary/aromatic N) is 5. The number of aromatic nitrogens is 5. The van der Waals surface area contributed by atoms with Crippen molar-refractivity contribution in [3.8, 4) is 11.3 Å². The van der Waals surface area contributed by atoms with E-state index in [9.17, 15) is 4.79 Å². The van der Waals surface area contributed by atoms with Gasteiger partial charge in [0.1, 0.15) is 23.3 Å². The van der Waals surface area contributed by atoms with Crippen LogP contribution in [0.3, 0.4) is 0 Å². The monoisotopic (exact) mass is 464 g/mol. The Morgan fingerprint density at radius 3 is 2.37 bits per heavy atom. The predicted octanol–water partition coefficient (Wildman–Crippen LogP) is 4.97. The van der Waals surface area contributed by atoms with Gasteiger partial charge in [0.05, 0.1) is 0 Å². The second-order valence-corrected chi connectivity index (χ2v) is 7.50. The molecule has 0 radical (unpaired) electrons. The van der Waals surface area contributed by atoms with Crippen molar-refractivity contribution in [1.29, 1.82) is 0 Å². The van der Waals surface area contributed by atoms with Crippen LogP contribution in [0.2, 0.25) is 0 Å². The quantitative estimate of drug-likeness (QED) is 0.305. The summed E-state index contributed by atoms with van der Waals surface area (Å²) in [5.41, 5.74) is 2.33. The Morgan fingerprint density at radius 1 is 0.829 bits per heavy atom. The molecule has 0 aliphatic heterocycles. The molecule has 10 heteroatoms. The lowest BCUT2D eigenvalue weighted by atomic mass is 10.2. The minimum atomic E-state index is -0.374. The maximum Gasteiger partial charge on any atom is 0.277 e. The normalized spacial score (nSPS) is 10.5. The Labute approximate surface area is 200 Å². The molecule has 172 valence electrons. The zero-order valence-corrected chi connectivity index (χ0v) is 18.6. The topological polar surface area (TPSA) is 131 Å². The van der Waals surface area contributed by atoms with Crippen LogP contribution < -0.4 is 16.0 Å². The summed E-state index contributed by atoms with van der Waals surface area (Å²) in [5.74, 6) is 2.65. The van der Waals surface area contributed by atoms with Gasteiger partial charge in [0, 0.05) is 47.7 Å². The number of hydrogen-bond acceptors (Lipinski definition) is 9. The zero-order valence-electron chi connectivity index (χ0n) is 18.6. The number of aryl methyl sites for hydroxylation is 1. The lowest BCUT2D eigenvalue weighted by Gasteiger charge is -2.10. The Balaban J connectivity index is 1.23. The van der Waals surface area contributed by atoms with E-state index in [1.807, 2.05) is 43.3 Å². The van der Waals surface area contributed by atoms with E-state index in [1.54, 1.807) is 48.9 Å². The molecule has 0 fully saturated rings. The highest BCUT2D eigenvalue weighted by molar-refractivity contribution is 6.03. The molecule has 3 N–H and O–H groups in total. The molecule has 5 rings (SSSR count). The predicted molar refractivity (Wildman–Crippen MR) is 132 cm³/mol. The van der Waals surface area contributed by atoms with E-state index in [1.165, 1.54) is 0 Å². The highest BCUT2D eigenvalue weighted by Crippen LogP contribution is 2.22. The van der Waals surface area contributed by atoms with Crippen molar-refractivity contribution in [3.63, 3.8) is 0 Å². The SMILES string of the molecule is Cc1nc(Nc2ccc(NC(=O)c3cc(-c4cccnc4)on3)cc2)cc(Nc2ccccn2)n1. The number of hydrogen-bond donors (Lipinski definition) is 3. The van der Waals surface area contributed by atoms with Crippen LogP contribution in [0.5, 0.6) is 0 Å². The molecular weight excluding hydrogens is 444 g/mol. The summed E-state index contributed by atoms with van der Waals surface area (Å²) < 4.78 is 5.27. The Morgan fingerprint density at radius 2 is 1.63 bits per heavy atom. The van der Waals surface area contributed by atoms with Crippen molar-refractivity contribution in [2.75, 3.05) is 16.0 Å². The van der Waals surface area contributed by atoms with Gasteiger partial charge in [-0.1, -0.05) is 11.2 Å². The van der Waals surface area contributed by atoms with Gasteiger partial charge < -0.3 is 20.5 Å². The van der Waals surface area contributed by atoms with E-state index >= 15 is 0 Å². The van der Waals surface area contributed by atoms with E-state index in [0.717, 1.165) is 11.3 Å². The van der Waals surface area contributed by atoms with Crippen LogP contribution in [0.1, 0.15) is 16.3 Å². The third-order valence-corrected chi connectivity index (χ3v) is 4.86. The van der Waals surface area contributed by atoms with Gasteiger partial charge in [0.25, 0.3) is 5.91 Å². The fourth-order valence-corrected chi connectivity index (χ4v) is 3.27. The maximum absolute atomic E-state index is 12.6. The molecule has 0 aliphatic carbocycles. The molecule has 0 aliphatic rings. The first-order valence-corrected chi connectivity index (χ1v) is 10.7. The maximum atomic E-state index is 12.6. The van der Waals surface area contributed by atoms with Crippen molar-refractivity contribution in [2.24, 2.45) is 0 Å². The van der Waals surface area contributed by atoms with E-state index in [2.05, 4.69) is 41.0 Å². The summed E-state index contributed by atoms with van der Waals surface area (Å²) in [4.78, 5) is 29.7.